The minimum atomic E-state index is -0.805. The second-order valence-corrected chi connectivity index (χ2v) is 5.14. The standard InChI is InChI=1S/C13H24N2O3/c1-3-13(7-5-8-14-10-13)12(18)15(2)9-4-6-11(16)17/h14H,3-10H2,1-2H3,(H,16,17). The van der Waals surface area contributed by atoms with Crippen molar-refractivity contribution in [2.75, 3.05) is 26.7 Å². The van der Waals surface area contributed by atoms with Crippen molar-refractivity contribution >= 4 is 11.9 Å². The number of rotatable bonds is 6. The maximum atomic E-state index is 12.5. The van der Waals surface area contributed by atoms with Crippen molar-refractivity contribution in [1.82, 2.24) is 10.2 Å². The largest absolute Gasteiger partial charge is 0.481 e. The van der Waals surface area contributed by atoms with E-state index in [2.05, 4.69) is 12.2 Å². The summed E-state index contributed by atoms with van der Waals surface area (Å²) in [5.74, 6) is -0.650. The van der Waals surface area contributed by atoms with E-state index in [-0.39, 0.29) is 17.7 Å². The van der Waals surface area contributed by atoms with Gasteiger partial charge in [0.25, 0.3) is 0 Å². The Morgan fingerprint density at radius 3 is 2.67 bits per heavy atom. The molecular formula is C13H24N2O3. The van der Waals surface area contributed by atoms with E-state index in [0.717, 1.165) is 32.4 Å². The summed E-state index contributed by atoms with van der Waals surface area (Å²) in [7, 11) is 1.77. The zero-order valence-corrected chi connectivity index (χ0v) is 11.4. The minimum absolute atomic E-state index is 0.120. The minimum Gasteiger partial charge on any atom is -0.481 e. The molecule has 0 spiro atoms. The molecule has 1 atom stereocenters. The molecule has 104 valence electrons. The first-order valence-corrected chi connectivity index (χ1v) is 6.70. The van der Waals surface area contributed by atoms with Crippen molar-refractivity contribution in [3.63, 3.8) is 0 Å². The molecule has 18 heavy (non-hydrogen) atoms. The first-order chi connectivity index (χ1) is 8.52. The van der Waals surface area contributed by atoms with Crippen molar-refractivity contribution in [2.24, 2.45) is 5.41 Å². The van der Waals surface area contributed by atoms with Gasteiger partial charge in [0, 0.05) is 26.6 Å². The van der Waals surface area contributed by atoms with E-state index in [4.69, 9.17) is 5.11 Å². The fourth-order valence-corrected chi connectivity index (χ4v) is 2.58. The highest BCUT2D eigenvalue weighted by Gasteiger charge is 2.39. The van der Waals surface area contributed by atoms with Crippen LogP contribution in [0.2, 0.25) is 0 Å². The van der Waals surface area contributed by atoms with Gasteiger partial charge in [0.2, 0.25) is 5.91 Å². The molecule has 1 saturated heterocycles. The summed E-state index contributed by atoms with van der Waals surface area (Å²) >= 11 is 0. The molecule has 1 fully saturated rings. The zero-order valence-electron chi connectivity index (χ0n) is 11.4. The monoisotopic (exact) mass is 256 g/mol. The van der Waals surface area contributed by atoms with E-state index < -0.39 is 5.97 Å². The topological polar surface area (TPSA) is 69.6 Å². The van der Waals surface area contributed by atoms with Crippen molar-refractivity contribution in [2.45, 2.75) is 39.0 Å². The van der Waals surface area contributed by atoms with Gasteiger partial charge in [0.15, 0.2) is 0 Å². The van der Waals surface area contributed by atoms with Gasteiger partial charge in [0.05, 0.1) is 5.41 Å². The van der Waals surface area contributed by atoms with Crippen LogP contribution in [0.5, 0.6) is 0 Å². The Morgan fingerprint density at radius 1 is 1.44 bits per heavy atom. The molecule has 0 aromatic rings. The Morgan fingerprint density at radius 2 is 2.17 bits per heavy atom. The number of aliphatic carboxylic acids is 1. The number of amides is 1. The number of nitrogens with one attached hydrogen (secondary N) is 1. The fourth-order valence-electron chi connectivity index (χ4n) is 2.58. The molecule has 0 radical (unpaired) electrons. The van der Waals surface area contributed by atoms with Gasteiger partial charge in [-0.25, -0.2) is 0 Å². The van der Waals surface area contributed by atoms with Gasteiger partial charge in [-0.05, 0) is 32.2 Å². The van der Waals surface area contributed by atoms with Gasteiger partial charge in [0.1, 0.15) is 0 Å². The third-order valence-electron chi connectivity index (χ3n) is 3.83. The van der Waals surface area contributed by atoms with Gasteiger partial charge >= 0.3 is 5.97 Å². The summed E-state index contributed by atoms with van der Waals surface area (Å²) in [5, 5.41) is 11.9. The van der Waals surface area contributed by atoms with Gasteiger partial charge in [-0.2, -0.15) is 0 Å². The van der Waals surface area contributed by atoms with Crippen LogP contribution in [0.1, 0.15) is 39.0 Å². The average Bonchev–Trinajstić information content (AvgIpc) is 2.38. The van der Waals surface area contributed by atoms with E-state index in [9.17, 15) is 9.59 Å². The van der Waals surface area contributed by atoms with Crippen LogP contribution in [0.3, 0.4) is 0 Å². The second kappa shape index (κ2) is 6.73. The Labute approximate surface area is 109 Å². The fraction of sp³-hybridized carbons (Fsp3) is 0.846. The van der Waals surface area contributed by atoms with Gasteiger partial charge < -0.3 is 15.3 Å². The van der Waals surface area contributed by atoms with Crippen molar-refractivity contribution in [1.29, 1.82) is 0 Å². The first-order valence-electron chi connectivity index (χ1n) is 6.70. The summed E-state index contributed by atoms with van der Waals surface area (Å²) in [6, 6.07) is 0. The number of hydrogen-bond acceptors (Lipinski definition) is 3. The van der Waals surface area contributed by atoms with Crippen LogP contribution < -0.4 is 5.32 Å². The van der Waals surface area contributed by atoms with Crippen LogP contribution in [0.25, 0.3) is 0 Å². The summed E-state index contributed by atoms with van der Waals surface area (Å²) in [4.78, 5) is 24.6. The van der Waals surface area contributed by atoms with Crippen LogP contribution in [0.15, 0.2) is 0 Å². The number of carboxylic acids is 1. The van der Waals surface area contributed by atoms with Crippen molar-refractivity contribution in [3.8, 4) is 0 Å². The van der Waals surface area contributed by atoms with Crippen LogP contribution in [0, 0.1) is 5.41 Å². The molecule has 1 aliphatic heterocycles. The summed E-state index contributed by atoms with van der Waals surface area (Å²) in [6.07, 6.45) is 3.43. The quantitative estimate of drug-likeness (QED) is 0.746. The molecule has 0 saturated carbocycles. The van der Waals surface area contributed by atoms with E-state index in [1.807, 2.05) is 0 Å². The third kappa shape index (κ3) is 3.70. The molecule has 0 aromatic heterocycles. The number of carbonyl (C=O) groups is 2. The Hall–Kier alpha value is -1.10. The van der Waals surface area contributed by atoms with Gasteiger partial charge in [-0.1, -0.05) is 6.92 Å². The highest BCUT2D eigenvalue weighted by atomic mass is 16.4. The molecule has 1 aliphatic rings. The predicted molar refractivity (Wildman–Crippen MR) is 69.3 cm³/mol. The lowest BCUT2D eigenvalue weighted by Crippen LogP contribution is -2.50. The summed E-state index contributed by atoms with van der Waals surface area (Å²) in [5.41, 5.74) is -0.282. The number of carboxylic acid groups (broad SMARTS) is 1. The Kier molecular flexibility index (Phi) is 5.59. The van der Waals surface area contributed by atoms with Crippen LogP contribution in [0.4, 0.5) is 0 Å². The normalized spacial score (nSPS) is 23.7. The Bertz CT molecular complexity index is 299. The van der Waals surface area contributed by atoms with Gasteiger partial charge in [-0.15, -0.1) is 0 Å². The molecule has 5 heteroatoms. The number of nitrogens with zero attached hydrogens (tertiary/aromatic N) is 1. The number of carbonyl (C=O) groups excluding carboxylic acids is 1. The van der Waals surface area contributed by atoms with E-state index in [0.29, 0.717) is 13.0 Å². The lowest BCUT2D eigenvalue weighted by atomic mass is 9.77. The smallest absolute Gasteiger partial charge is 0.303 e. The molecule has 1 amide bonds. The van der Waals surface area contributed by atoms with E-state index >= 15 is 0 Å². The molecule has 0 aliphatic carbocycles. The highest BCUT2D eigenvalue weighted by molar-refractivity contribution is 5.83. The molecule has 2 N–H and O–H groups in total. The molecular weight excluding hydrogens is 232 g/mol. The van der Waals surface area contributed by atoms with Gasteiger partial charge in [-0.3, -0.25) is 9.59 Å². The van der Waals surface area contributed by atoms with Crippen LogP contribution >= 0.6 is 0 Å². The third-order valence-corrected chi connectivity index (χ3v) is 3.83. The molecule has 1 unspecified atom stereocenters. The molecule has 1 rings (SSSR count). The summed E-state index contributed by atoms with van der Waals surface area (Å²) < 4.78 is 0. The second-order valence-electron chi connectivity index (χ2n) is 5.14. The van der Waals surface area contributed by atoms with E-state index in [1.165, 1.54) is 0 Å². The summed E-state index contributed by atoms with van der Waals surface area (Å²) in [6.45, 7) is 4.30. The SMILES string of the molecule is CCC1(C(=O)N(C)CCCC(=O)O)CCCNC1. The zero-order chi connectivity index (χ0) is 13.6. The molecule has 0 aromatic carbocycles. The number of piperidine rings is 1. The van der Waals surface area contributed by atoms with Crippen molar-refractivity contribution in [3.05, 3.63) is 0 Å². The maximum absolute atomic E-state index is 12.5. The highest BCUT2D eigenvalue weighted by Crippen LogP contribution is 2.32. The predicted octanol–water partition coefficient (Wildman–Crippen LogP) is 1.09. The maximum Gasteiger partial charge on any atom is 0.303 e. The lowest BCUT2D eigenvalue weighted by molar-refractivity contribution is -0.143. The first kappa shape index (κ1) is 15.0. The Balaban J connectivity index is 2.52. The molecule has 1 heterocycles. The van der Waals surface area contributed by atoms with Crippen molar-refractivity contribution < 1.29 is 14.7 Å². The van der Waals surface area contributed by atoms with Crippen LogP contribution in [-0.2, 0) is 9.59 Å². The average molecular weight is 256 g/mol. The number of hydrogen-bond donors (Lipinski definition) is 2. The van der Waals surface area contributed by atoms with Crippen LogP contribution in [-0.4, -0.2) is 48.6 Å². The lowest BCUT2D eigenvalue weighted by Gasteiger charge is -2.38. The molecule has 0 bridgehead atoms. The molecule has 5 nitrogen and oxygen atoms in total. The van der Waals surface area contributed by atoms with E-state index in [1.54, 1.807) is 11.9 Å².